The van der Waals surface area contributed by atoms with E-state index < -0.39 is 106 Å². The zero-order chi connectivity index (χ0) is 107. The van der Waals surface area contributed by atoms with E-state index in [1.807, 2.05) is 104 Å². The molecule has 45 atom stereocenters. The van der Waals surface area contributed by atoms with E-state index in [0.717, 1.165) is 70.6 Å². The number of cyclic esters (lactones) is 1. The molecule has 0 amide bonds. The van der Waals surface area contributed by atoms with Gasteiger partial charge < -0.3 is 90.0 Å². The van der Waals surface area contributed by atoms with E-state index in [1.54, 1.807) is 34.6 Å². The fourth-order valence-electron chi connectivity index (χ4n) is 28.3. The highest BCUT2D eigenvalue weighted by Crippen LogP contribution is 2.65. The third-order valence-electron chi connectivity index (χ3n) is 38.3. The zero-order valence-electron chi connectivity index (χ0n) is 89.7. The molecule has 14 bridgehead atoms. The molecule has 37 heteroatoms. The lowest BCUT2D eigenvalue weighted by atomic mass is 9.58. The summed E-state index contributed by atoms with van der Waals surface area (Å²) in [6.07, 6.45) is 11.1. The molecule has 148 heavy (non-hydrogen) atoms. The Bertz CT molecular complexity index is 5060. The molecule has 23 rings (SSSR count). The Morgan fingerprint density at radius 3 is 1.09 bits per heavy atom. The Kier molecular flexibility index (Phi) is 32.9. The maximum atomic E-state index is 12.8. The first-order valence-corrected chi connectivity index (χ1v) is 55.2. The minimum atomic E-state index is -0.621. The van der Waals surface area contributed by atoms with Gasteiger partial charge in [0.15, 0.2) is 12.2 Å². The third-order valence-corrected chi connectivity index (χ3v) is 38.3. The van der Waals surface area contributed by atoms with Crippen molar-refractivity contribution in [3.05, 3.63) is 0 Å². The number of methoxy groups -OCH3 is 1. The number of fused-ring (bicyclic) bond motifs is 8. The van der Waals surface area contributed by atoms with Crippen LogP contribution in [0.4, 0.5) is 0 Å². The minimum Gasteiger partial charge on any atom is -0.469 e. The SMILES string of the molecule is CCC(C)(C)C(=O)OC1C2CC3C1OC(=O)C3C2C.CCC(C)(C)C(=O)OC1CC2CCC1C1COC(=O)C21.CCC(C)C(=O)OC1C2CC3C(=O)OC1C3O2.CCC(C)C(=O)OC1C2CC3C1OC(=O)C3C2C(=O)OC.CCC(C)C(=O)OC1C2CC3C1OC(=O)C3C2C(=O)OC(C)(C)C.CCC(C)C(=O)OC1C2CC3C1OC(=O)C3C2C(=O)OC1CCCC1.CCOC(=O)C1C2CC3C(OC(=O)C31)C2OC(=O)C(C)CC. The van der Waals surface area contributed by atoms with Gasteiger partial charge in [-0.3, -0.25) is 86.3 Å². The van der Waals surface area contributed by atoms with Gasteiger partial charge in [-0.2, -0.15) is 0 Å². The van der Waals surface area contributed by atoms with Crippen LogP contribution in [-0.4, -0.2) is 231 Å². The first kappa shape index (κ1) is 111. The molecule has 23 aliphatic rings. The molecule has 14 saturated carbocycles. The molecule has 0 aromatic rings. The summed E-state index contributed by atoms with van der Waals surface area (Å²) >= 11 is 0. The minimum absolute atomic E-state index is 0.0113. The van der Waals surface area contributed by atoms with Gasteiger partial charge in [0.05, 0.1) is 132 Å². The van der Waals surface area contributed by atoms with Gasteiger partial charge in [0, 0.05) is 71.0 Å². The molecule has 9 saturated heterocycles. The molecule has 0 spiro atoms. The van der Waals surface area contributed by atoms with Crippen LogP contribution in [0.5, 0.6) is 0 Å². The van der Waals surface area contributed by atoms with Crippen molar-refractivity contribution in [2.24, 2.45) is 188 Å². The molecule has 9 heterocycles. The van der Waals surface area contributed by atoms with Crippen LogP contribution >= 0.6 is 0 Å². The monoisotopic (exact) mass is 2080 g/mol. The number of carbonyl (C=O) groups is 18. The molecule has 0 aromatic carbocycles. The first-order chi connectivity index (χ1) is 70.0. The standard InChI is InChI=1S/C19H26O6.C18H26O6.C16H22O6.C16H24O4.C15H20O6.C15H22O4.C12H16O5/c1-3-9(2)17(20)24-15-11-8-12-14(19(22)25-16(12)15)13(11)18(21)23-10-6-4-5-7-10;1-6-8(2)15(19)22-13-10-7-9-11(16(20)23-14(9)13)12(10)17(21)24-18(3,4)5;1-4-7(3)14(17)21-12-8-6-9-11(16(19)22-13(9)12)10(8)15(18)20-5-2;1-4-16(2,3)15(18)20-12-7-9-5-6-10(12)11-8-19-14(17)13(9)11;1-4-6(2)13(16)20-11-7-5-8-10(9(7)14(17)19-3)15(18)21-12(8)11;1-5-15(3,4)14(17)19-11-8-6-9-10(7(8)2)13(16)18-12(9)11;1-3-5(2)11(13)16-9-7-4-6-8(15-7)10(9)17-12(6)14/h9-16H,3-8H2,1-2H3;8-14H,6-7H2,1-5H3;7-13H,4-6H2,1-3H3;9-13H,4-8H2,1-3H3;6-12H,4-5H2,1-3H3;7-12H,5-6H2,1-4H3;5-10H,3-4H2,1-2H3. The van der Waals surface area contributed by atoms with Crippen LogP contribution in [0.2, 0.25) is 0 Å². The van der Waals surface area contributed by atoms with Crippen molar-refractivity contribution in [1.29, 1.82) is 0 Å². The number of esters is 18. The predicted octanol–water partition coefficient (Wildman–Crippen LogP) is 11.9. The summed E-state index contributed by atoms with van der Waals surface area (Å²) in [5.41, 5.74) is -1.51. The molecular formula is C111H156O37. The average molecular weight is 2080 g/mol. The number of hydrogen-bond acceptors (Lipinski definition) is 37. The summed E-state index contributed by atoms with van der Waals surface area (Å²) in [4.78, 5) is 218. The van der Waals surface area contributed by atoms with E-state index in [4.69, 9.17) is 90.0 Å². The van der Waals surface area contributed by atoms with Crippen LogP contribution in [0, 0.1) is 188 Å². The van der Waals surface area contributed by atoms with E-state index in [1.165, 1.54) is 7.11 Å². The van der Waals surface area contributed by atoms with Crippen molar-refractivity contribution in [2.45, 2.75) is 377 Å². The summed E-state index contributed by atoms with van der Waals surface area (Å²) < 4.78 is 104. The fourth-order valence-corrected chi connectivity index (χ4v) is 28.3. The van der Waals surface area contributed by atoms with Crippen LogP contribution in [0.1, 0.15) is 274 Å². The van der Waals surface area contributed by atoms with Crippen LogP contribution in [-0.2, 0) is 176 Å². The van der Waals surface area contributed by atoms with Crippen LogP contribution < -0.4 is 0 Å². The second-order valence-electron chi connectivity index (χ2n) is 48.3. The summed E-state index contributed by atoms with van der Waals surface area (Å²) in [6, 6.07) is 0. The first-order valence-electron chi connectivity index (χ1n) is 55.2. The van der Waals surface area contributed by atoms with Crippen molar-refractivity contribution >= 4 is 107 Å². The lowest BCUT2D eigenvalue weighted by molar-refractivity contribution is -0.174. The highest BCUT2D eigenvalue weighted by Gasteiger charge is 2.76. The summed E-state index contributed by atoms with van der Waals surface area (Å²) in [6.45, 7) is 40.4. The Morgan fingerprint density at radius 1 is 0.338 bits per heavy atom. The van der Waals surface area contributed by atoms with Crippen molar-refractivity contribution in [2.75, 3.05) is 20.3 Å². The molecule has 37 nitrogen and oxygen atoms in total. The number of hydrogen-bond donors (Lipinski definition) is 0. The van der Waals surface area contributed by atoms with Crippen molar-refractivity contribution in [3.8, 4) is 0 Å². The maximum absolute atomic E-state index is 12.8. The van der Waals surface area contributed by atoms with Crippen molar-refractivity contribution < 1.29 is 176 Å². The summed E-state index contributed by atoms with van der Waals surface area (Å²) in [7, 11) is 1.31. The number of carbonyl (C=O) groups excluding carboxylic acids is 18. The lowest BCUT2D eigenvalue weighted by Crippen LogP contribution is -2.50. The molecule has 45 unspecified atom stereocenters. The highest BCUT2D eigenvalue weighted by molar-refractivity contribution is 5.90. The molecular weight excluding hydrogens is 1930 g/mol. The number of ether oxygens (including phenoxy) is 19. The van der Waals surface area contributed by atoms with Crippen LogP contribution in [0.15, 0.2) is 0 Å². The van der Waals surface area contributed by atoms with E-state index >= 15 is 0 Å². The fraction of sp³-hybridized carbons (Fsp3) is 0.838. The second-order valence-corrected chi connectivity index (χ2v) is 48.3. The van der Waals surface area contributed by atoms with Crippen LogP contribution in [0.25, 0.3) is 0 Å². The van der Waals surface area contributed by atoms with E-state index in [2.05, 4.69) is 6.92 Å². The van der Waals surface area contributed by atoms with Gasteiger partial charge in [0.2, 0.25) is 0 Å². The largest absolute Gasteiger partial charge is 0.469 e. The molecule has 14 aliphatic carbocycles. The molecule has 822 valence electrons. The van der Waals surface area contributed by atoms with Crippen LogP contribution in [0.3, 0.4) is 0 Å². The maximum Gasteiger partial charge on any atom is 0.312 e. The third kappa shape index (κ3) is 20.5. The predicted molar refractivity (Wildman–Crippen MR) is 511 cm³/mol. The average Bonchev–Trinajstić information content (AvgIpc) is 1.57. The summed E-state index contributed by atoms with van der Waals surface area (Å²) in [5, 5.41) is 0. The Hall–Kier alpha value is -9.58. The van der Waals surface area contributed by atoms with Gasteiger partial charge in [0.25, 0.3) is 0 Å². The normalized spacial score (nSPS) is 40.5. The molecule has 0 N–H and O–H groups in total. The molecule has 0 aromatic heterocycles. The van der Waals surface area contributed by atoms with E-state index in [9.17, 15) is 86.3 Å². The Labute approximate surface area is 865 Å². The summed E-state index contributed by atoms with van der Waals surface area (Å²) in [5.74, 6) is -8.68. The Balaban J connectivity index is 0.000000124. The van der Waals surface area contributed by atoms with Gasteiger partial charge in [-0.25, -0.2) is 0 Å². The Morgan fingerprint density at radius 2 is 0.696 bits per heavy atom. The van der Waals surface area contributed by atoms with Crippen molar-refractivity contribution in [3.63, 3.8) is 0 Å². The van der Waals surface area contributed by atoms with E-state index in [-0.39, 0.29) is 282 Å². The molecule has 9 aliphatic heterocycles. The topological polar surface area (TPSA) is 483 Å². The molecule has 0 radical (unpaired) electrons. The highest BCUT2D eigenvalue weighted by atomic mass is 16.7. The lowest BCUT2D eigenvalue weighted by Gasteiger charge is -2.47. The smallest absolute Gasteiger partial charge is 0.312 e. The van der Waals surface area contributed by atoms with Gasteiger partial charge in [-0.1, -0.05) is 90.0 Å². The van der Waals surface area contributed by atoms with Gasteiger partial charge >= 0.3 is 107 Å². The van der Waals surface area contributed by atoms with Gasteiger partial charge in [0.1, 0.15) is 85.0 Å². The van der Waals surface area contributed by atoms with Crippen molar-refractivity contribution in [1.82, 2.24) is 0 Å². The van der Waals surface area contributed by atoms with E-state index in [0.29, 0.717) is 82.1 Å². The zero-order valence-corrected chi connectivity index (χ0v) is 89.7. The second kappa shape index (κ2) is 43.9. The van der Waals surface area contributed by atoms with Gasteiger partial charge in [-0.05, 0) is 196 Å². The van der Waals surface area contributed by atoms with Gasteiger partial charge in [-0.15, -0.1) is 0 Å². The number of rotatable bonds is 27. The quantitative estimate of drug-likeness (QED) is 0.0544. The molecule has 23 fully saturated rings.